The minimum absolute atomic E-state index is 0.198. The molecular formula is C23H21N3O4. The second-order valence-electron chi connectivity index (χ2n) is 7.78. The molecule has 1 aliphatic heterocycles. The van der Waals surface area contributed by atoms with E-state index in [1.54, 1.807) is 32.0 Å². The predicted molar refractivity (Wildman–Crippen MR) is 109 cm³/mol. The first-order valence-corrected chi connectivity index (χ1v) is 9.55. The Morgan fingerprint density at radius 1 is 1.20 bits per heavy atom. The van der Waals surface area contributed by atoms with Crippen LogP contribution in [0.3, 0.4) is 0 Å². The van der Waals surface area contributed by atoms with Gasteiger partial charge in [0.1, 0.15) is 11.4 Å². The number of nitrogens with zero attached hydrogens (tertiary/aromatic N) is 3. The summed E-state index contributed by atoms with van der Waals surface area (Å²) in [6, 6.07) is 19.3. The van der Waals surface area contributed by atoms with E-state index in [4.69, 9.17) is 9.57 Å². The molecule has 4 rings (SSSR count). The topological polar surface area (TPSA) is 97.4 Å². The lowest BCUT2D eigenvalue weighted by Crippen LogP contribution is -2.63. The number of hydrogen-bond acceptors (Lipinski definition) is 6. The number of hydrogen-bond donors (Lipinski definition) is 1. The van der Waals surface area contributed by atoms with Crippen molar-refractivity contribution < 1.29 is 14.7 Å². The molecule has 0 fully saturated rings. The summed E-state index contributed by atoms with van der Waals surface area (Å²) in [5.74, 6) is 0.478. The zero-order valence-electron chi connectivity index (χ0n) is 16.6. The smallest absolute Gasteiger partial charge is 0.303 e. The number of aromatic nitrogens is 2. The highest BCUT2D eigenvalue weighted by molar-refractivity contribution is 5.47. The Labute approximate surface area is 173 Å². The van der Waals surface area contributed by atoms with Crippen LogP contribution in [-0.4, -0.2) is 26.3 Å². The summed E-state index contributed by atoms with van der Waals surface area (Å²) < 4.78 is 6.16. The van der Waals surface area contributed by atoms with Crippen molar-refractivity contribution in [3.8, 4) is 11.8 Å². The number of nitriles is 1. The molecule has 7 nitrogen and oxygen atoms in total. The van der Waals surface area contributed by atoms with Gasteiger partial charge in [-0.15, -0.1) is 5.10 Å². The Balaban J connectivity index is 1.89. The molecule has 2 heterocycles. The number of aliphatic hydroxyl groups is 1. The van der Waals surface area contributed by atoms with E-state index in [9.17, 15) is 15.2 Å². The fourth-order valence-corrected chi connectivity index (χ4v) is 3.73. The van der Waals surface area contributed by atoms with Crippen molar-refractivity contribution in [3.63, 3.8) is 0 Å². The molecule has 1 N–H and O–H groups in total. The molecule has 0 amide bonds. The van der Waals surface area contributed by atoms with Crippen LogP contribution in [0.25, 0.3) is 0 Å². The van der Waals surface area contributed by atoms with E-state index in [0.717, 1.165) is 10.4 Å². The highest BCUT2D eigenvalue weighted by atomic mass is 16.7. The van der Waals surface area contributed by atoms with E-state index in [2.05, 4.69) is 11.2 Å². The second-order valence-corrected chi connectivity index (χ2v) is 7.78. The third-order valence-corrected chi connectivity index (χ3v) is 5.47. The summed E-state index contributed by atoms with van der Waals surface area (Å²) in [7, 11) is 0. The van der Waals surface area contributed by atoms with Gasteiger partial charge in [0, 0.05) is 18.1 Å². The van der Waals surface area contributed by atoms with E-state index < -0.39 is 22.9 Å². The summed E-state index contributed by atoms with van der Waals surface area (Å²) in [5.41, 5.74) is -1.38. The van der Waals surface area contributed by atoms with Crippen LogP contribution in [-0.2, 0) is 6.42 Å². The van der Waals surface area contributed by atoms with Crippen LogP contribution in [0.5, 0.6) is 5.75 Å². The van der Waals surface area contributed by atoms with Crippen LogP contribution < -0.4 is 15.1 Å². The number of fused-ring (bicyclic) bond motifs is 1. The SMILES string of the molecule is CC1(C)Oc2ccc(C#N)cc2[C@@H](On2ncccc2=O)[C@@]1(O)Cc1ccccc1. The van der Waals surface area contributed by atoms with Crippen LogP contribution in [0.2, 0.25) is 0 Å². The summed E-state index contributed by atoms with van der Waals surface area (Å²) in [5, 5.41) is 25.3. The lowest BCUT2D eigenvalue weighted by molar-refractivity contribution is -0.214. The van der Waals surface area contributed by atoms with Crippen molar-refractivity contribution in [2.75, 3.05) is 0 Å². The Bertz CT molecular complexity index is 1170. The van der Waals surface area contributed by atoms with Gasteiger partial charge in [0.2, 0.25) is 0 Å². The zero-order valence-corrected chi connectivity index (χ0v) is 16.6. The van der Waals surface area contributed by atoms with E-state index in [1.807, 2.05) is 30.3 Å². The number of rotatable bonds is 4. The molecule has 2 aromatic carbocycles. The molecule has 0 spiro atoms. The molecular weight excluding hydrogens is 382 g/mol. The molecule has 3 aromatic rings. The molecule has 0 aliphatic carbocycles. The van der Waals surface area contributed by atoms with E-state index in [1.165, 1.54) is 18.3 Å². The first-order chi connectivity index (χ1) is 14.3. The average Bonchev–Trinajstić information content (AvgIpc) is 2.73. The maximum Gasteiger partial charge on any atom is 0.303 e. The molecule has 1 aromatic heterocycles. The lowest BCUT2D eigenvalue weighted by atomic mass is 9.72. The van der Waals surface area contributed by atoms with Gasteiger partial charge in [0.15, 0.2) is 11.7 Å². The van der Waals surface area contributed by atoms with Crippen LogP contribution in [0.1, 0.15) is 36.6 Å². The summed E-state index contributed by atoms with van der Waals surface area (Å²) >= 11 is 0. The first kappa shape index (κ1) is 19.7. The van der Waals surface area contributed by atoms with Crippen molar-refractivity contribution in [1.29, 1.82) is 5.26 Å². The van der Waals surface area contributed by atoms with Gasteiger partial charge in [-0.1, -0.05) is 35.2 Å². The van der Waals surface area contributed by atoms with Crippen molar-refractivity contribution in [2.24, 2.45) is 0 Å². The molecule has 0 radical (unpaired) electrons. The summed E-state index contributed by atoms with van der Waals surface area (Å²) in [4.78, 5) is 19.1. The van der Waals surface area contributed by atoms with Gasteiger partial charge in [0.25, 0.3) is 0 Å². The maximum absolute atomic E-state index is 12.3. The number of benzene rings is 2. The molecule has 1 aliphatic rings. The largest absolute Gasteiger partial charge is 0.484 e. The standard InChI is InChI=1S/C23H21N3O4/c1-22(2)23(28,14-16-7-4-3-5-8-16)21(30-26-20(27)9-6-12-25-26)18-13-17(15-24)10-11-19(18)29-22/h3-13,21,28H,14H2,1-2H3/t21-,23+/m1/s1. The molecule has 30 heavy (non-hydrogen) atoms. The molecule has 2 atom stereocenters. The highest BCUT2D eigenvalue weighted by Crippen LogP contribution is 2.48. The van der Waals surface area contributed by atoms with Crippen molar-refractivity contribution in [2.45, 2.75) is 37.6 Å². The molecule has 0 saturated carbocycles. The van der Waals surface area contributed by atoms with Crippen LogP contribution in [0.15, 0.2) is 71.7 Å². The first-order valence-electron chi connectivity index (χ1n) is 9.55. The molecule has 0 unspecified atom stereocenters. The van der Waals surface area contributed by atoms with Gasteiger partial charge < -0.3 is 14.7 Å². The third kappa shape index (κ3) is 3.31. The van der Waals surface area contributed by atoms with Gasteiger partial charge >= 0.3 is 5.56 Å². The third-order valence-electron chi connectivity index (χ3n) is 5.47. The van der Waals surface area contributed by atoms with Gasteiger partial charge in [0.05, 0.1) is 17.8 Å². The molecule has 0 bridgehead atoms. The van der Waals surface area contributed by atoms with Crippen molar-refractivity contribution >= 4 is 0 Å². The fourth-order valence-electron chi connectivity index (χ4n) is 3.73. The minimum atomic E-state index is -1.58. The van der Waals surface area contributed by atoms with Gasteiger partial charge in [-0.2, -0.15) is 5.26 Å². The lowest BCUT2D eigenvalue weighted by Gasteiger charge is -2.50. The Hall–Kier alpha value is -3.63. The monoisotopic (exact) mass is 403 g/mol. The normalized spacial score (nSPS) is 21.7. The van der Waals surface area contributed by atoms with Crippen LogP contribution in [0, 0.1) is 11.3 Å². The molecule has 152 valence electrons. The Morgan fingerprint density at radius 2 is 1.97 bits per heavy atom. The van der Waals surface area contributed by atoms with Crippen LogP contribution in [0.4, 0.5) is 0 Å². The summed E-state index contributed by atoms with van der Waals surface area (Å²) in [6.45, 7) is 3.54. The quantitative estimate of drug-likeness (QED) is 0.719. The minimum Gasteiger partial charge on any atom is -0.484 e. The van der Waals surface area contributed by atoms with Crippen LogP contribution >= 0.6 is 0 Å². The van der Waals surface area contributed by atoms with E-state index >= 15 is 0 Å². The fraction of sp³-hybridized carbons (Fsp3) is 0.261. The second kappa shape index (κ2) is 7.32. The molecule has 0 saturated heterocycles. The van der Waals surface area contributed by atoms with Gasteiger partial charge in [-0.3, -0.25) is 4.79 Å². The predicted octanol–water partition coefficient (Wildman–Crippen LogP) is 2.43. The zero-order chi connectivity index (χ0) is 21.4. The van der Waals surface area contributed by atoms with E-state index in [-0.39, 0.29) is 6.42 Å². The van der Waals surface area contributed by atoms with Gasteiger partial charge in [-0.05, 0) is 43.7 Å². The molecule has 7 heteroatoms. The highest BCUT2D eigenvalue weighted by Gasteiger charge is 2.58. The van der Waals surface area contributed by atoms with Gasteiger partial charge in [-0.25, -0.2) is 0 Å². The Kier molecular flexibility index (Phi) is 4.80. The maximum atomic E-state index is 12.3. The Morgan fingerprint density at radius 3 is 2.67 bits per heavy atom. The van der Waals surface area contributed by atoms with Crippen molar-refractivity contribution in [3.05, 3.63) is 93.9 Å². The summed E-state index contributed by atoms with van der Waals surface area (Å²) in [6.07, 6.45) is 0.607. The van der Waals surface area contributed by atoms with Crippen molar-refractivity contribution in [1.82, 2.24) is 9.94 Å². The average molecular weight is 403 g/mol. The van der Waals surface area contributed by atoms with E-state index in [0.29, 0.717) is 16.9 Å². The number of ether oxygens (including phenoxy) is 1.